The number of sulfonamides is 1. The van der Waals surface area contributed by atoms with Crippen LogP contribution in [0.4, 0.5) is 5.13 Å². The van der Waals surface area contributed by atoms with Crippen molar-refractivity contribution in [1.29, 1.82) is 0 Å². The minimum absolute atomic E-state index is 0.171. The van der Waals surface area contributed by atoms with Crippen LogP contribution in [-0.4, -0.2) is 41.7 Å². The van der Waals surface area contributed by atoms with Crippen LogP contribution in [0.2, 0.25) is 0 Å². The molecule has 1 saturated heterocycles. The Bertz CT molecular complexity index is 1130. The van der Waals surface area contributed by atoms with E-state index < -0.39 is 15.9 Å². The molecule has 7 nitrogen and oxygen atoms in total. The van der Waals surface area contributed by atoms with E-state index in [1.807, 2.05) is 24.4 Å². The number of amides is 1. The minimum atomic E-state index is -3.62. The molecule has 4 rings (SSSR count). The third kappa shape index (κ3) is 4.43. The van der Waals surface area contributed by atoms with Crippen molar-refractivity contribution in [2.24, 2.45) is 5.92 Å². The van der Waals surface area contributed by atoms with Gasteiger partial charge < -0.3 is 5.32 Å². The number of rotatable bonds is 5. The summed E-state index contributed by atoms with van der Waals surface area (Å²) >= 11 is 1.35. The van der Waals surface area contributed by atoms with Crippen LogP contribution in [0.15, 0.2) is 59.1 Å². The molecule has 3 heterocycles. The fourth-order valence-corrected chi connectivity index (χ4v) is 5.67. The van der Waals surface area contributed by atoms with Crippen molar-refractivity contribution in [3.8, 4) is 11.3 Å². The molecule has 9 heteroatoms. The van der Waals surface area contributed by atoms with E-state index in [0.29, 0.717) is 24.5 Å². The molecule has 30 heavy (non-hydrogen) atoms. The Morgan fingerprint density at radius 2 is 1.90 bits per heavy atom. The zero-order valence-corrected chi connectivity index (χ0v) is 18.1. The molecule has 3 aromatic rings. The molecule has 1 unspecified atom stereocenters. The number of benzene rings is 1. The largest absolute Gasteiger partial charge is 0.302 e. The number of anilines is 1. The lowest BCUT2D eigenvalue weighted by molar-refractivity contribution is -0.120. The third-order valence-electron chi connectivity index (χ3n) is 5.12. The number of nitrogens with one attached hydrogen (secondary N) is 1. The maximum Gasteiger partial charge on any atom is 0.243 e. The molecule has 1 aliphatic rings. The lowest BCUT2D eigenvalue weighted by Crippen LogP contribution is -2.43. The summed E-state index contributed by atoms with van der Waals surface area (Å²) in [6, 6.07) is 10.5. The van der Waals surface area contributed by atoms with Crippen LogP contribution >= 0.6 is 11.3 Å². The number of piperidine rings is 1. The molecule has 1 N–H and O–H groups in total. The zero-order chi connectivity index (χ0) is 21.1. The summed E-state index contributed by atoms with van der Waals surface area (Å²) in [5.74, 6) is -0.610. The SMILES string of the molecule is Cc1ccc(S(=O)(=O)N2CCCC(C(=O)Nc3nc(-c4ccncc4)cs3)C2)cc1. The standard InChI is InChI=1S/C21H22N4O3S2/c1-15-4-6-18(7-5-15)30(27,28)25-12-2-3-17(13-25)20(26)24-21-23-19(14-29-21)16-8-10-22-11-9-16/h4-11,14,17H,2-3,12-13H2,1H3,(H,23,24,26). The monoisotopic (exact) mass is 442 g/mol. The summed E-state index contributed by atoms with van der Waals surface area (Å²) in [6.07, 6.45) is 4.67. The predicted molar refractivity (Wildman–Crippen MR) is 117 cm³/mol. The summed E-state index contributed by atoms with van der Waals surface area (Å²) in [4.78, 5) is 21.5. The summed E-state index contributed by atoms with van der Waals surface area (Å²) in [5, 5.41) is 5.23. The lowest BCUT2D eigenvalue weighted by Gasteiger charge is -2.31. The summed E-state index contributed by atoms with van der Waals surface area (Å²) in [6.45, 7) is 2.50. The van der Waals surface area contributed by atoms with Gasteiger partial charge >= 0.3 is 0 Å². The van der Waals surface area contributed by atoms with Gasteiger partial charge in [-0.05, 0) is 44.0 Å². The quantitative estimate of drug-likeness (QED) is 0.652. The first-order valence-electron chi connectivity index (χ1n) is 9.67. The van der Waals surface area contributed by atoms with Gasteiger partial charge in [0.2, 0.25) is 15.9 Å². The number of thiazole rings is 1. The van der Waals surface area contributed by atoms with E-state index in [1.54, 1.807) is 36.7 Å². The zero-order valence-electron chi connectivity index (χ0n) is 16.5. The number of aromatic nitrogens is 2. The van der Waals surface area contributed by atoms with Gasteiger partial charge in [0.15, 0.2) is 5.13 Å². The molecular formula is C21H22N4O3S2. The Balaban J connectivity index is 1.44. The van der Waals surface area contributed by atoms with Crippen molar-refractivity contribution in [2.45, 2.75) is 24.7 Å². The van der Waals surface area contributed by atoms with Gasteiger partial charge in [0.1, 0.15) is 0 Å². The number of aryl methyl sites for hydroxylation is 1. The molecule has 1 atom stereocenters. The molecule has 0 saturated carbocycles. The highest BCUT2D eigenvalue weighted by atomic mass is 32.2. The molecule has 156 valence electrons. The number of hydrogen-bond donors (Lipinski definition) is 1. The van der Waals surface area contributed by atoms with Gasteiger partial charge in [-0.15, -0.1) is 11.3 Å². The van der Waals surface area contributed by atoms with Gasteiger partial charge in [0, 0.05) is 36.4 Å². The molecule has 2 aromatic heterocycles. The average molecular weight is 443 g/mol. The molecule has 0 aliphatic carbocycles. The van der Waals surface area contributed by atoms with Gasteiger partial charge in [-0.25, -0.2) is 13.4 Å². The number of carbonyl (C=O) groups is 1. The van der Waals surface area contributed by atoms with Gasteiger partial charge in [-0.1, -0.05) is 17.7 Å². The molecule has 1 amide bonds. The van der Waals surface area contributed by atoms with Crippen LogP contribution in [0.3, 0.4) is 0 Å². The second-order valence-corrected chi connectivity index (χ2v) is 10.1. The maximum atomic E-state index is 13.0. The number of nitrogens with zero attached hydrogens (tertiary/aromatic N) is 3. The Morgan fingerprint density at radius 1 is 1.17 bits per heavy atom. The number of hydrogen-bond acceptors (Lipinski definition) is 6. The Labute approximate surface area is 179 Å². The fraction of sp³-hybridized carbons (Fsp3) is 0.286. The first-order chi connectivity index (χ1) is 14.4. The molecular weight excluding hydrogens is 420 g/mol. The molecule has 0 bridgehead atoms. The van der Waals surface area contributed by atoms with Gasteiger partial charge in [0.25, 0.3) is 0 Å². The smallest absolute Gasteiger partial charge is 0.243 e. The van der Waals surface area contributed by atoms with E-state index in [4.69, 9.17) is 0 Å². The highest BCUT2D eigenvalue weighted by Crippen LogP contribution is 2.27. The summed E-state index contributed by atoms with van der Waals surface area (Å²) < 4.78 is 27.3. The third-order valence-corrected chi connectivity index (χ3v) is 7.76. The van der Waals surface area contributed by atoms with Crippen molar-refractivity contribution in [2.75, 3.05) is 18.4 Å². The van der Waals surface area contributed by atoms with Gasteiger partial charge in [-0.3, -0.25) is 9.78 Å². The Hall–Kier alpha value is -2.62. The van der Waals surface area contributed by atoms with Crippen LogP contribution in [0.5, 0.6) is 0 Å². The van der Waals surface area contributed by atoms with E-state index in [1.165, 1.54) is 15.6 Å². The maximum absolute atomic E-state index is 13.0. The predicted octanol–water partition coefficient (Wildman–Crippen LogP) is 3.55. The van der Waals surface area contributed by atoms with Crippen LogP contribution < -0.4 is 5.32 Å². The molecule has 1 fully saturated rings. The van der Waals surface area contributed by atoms with Crippen LogP contribution in [-0.2, 0) is 14.8 Å². The molecule has 0 spiro atoms. The van der Waals surface area contributed by atoms with Gasteiger partial charge in [-0.2, -0.15) is 4.31 Å². The summed E-state index contributed by atoms with van der Waals surface area (Å²) in [5.41, 5.74) is 2.69. The Morgan fingerprint density at radius 3 is 2.63 bits per heavy atom. The van der Waals surface area contributed by atoms with Crippen molar-refractivity contribution in [3.05, 3.63) is 59.7 Å². The van der Waals surface area contributed by atoms with E-state index in [0.717, 1.165) is 16.8 Å². The van der Waals surface area contributed by atoms with Crippen molar-refractivity contribution >= 4 is 32.4 Å². The van der Waals surface area contributed by atoms with Crippen molar-refractivity contribution in [3.63, 3.8) is 0 Å². The van der Waals surface area contributed by atoms with E-state index in [2.05, 4.69) is 15.3 Å². The Kier molecular flexibility index (Phi) is 5.94. The van der Waals surface area contributed by atoms with E-state index in [9.17, 15) is 13.2 Å². The number of carbonyl (C=O) groups excluding carboxylic acids is 1. The highest BCUT2D eigenvalue weighted by Gasteiger charge is 2.33. The lowest BCUT2D eigenvalue weighted by atomic mass is 9.99. The fourth-order valence-electron chi connectivity index (χ4n) is 3.43. The van der Waals surface area contributed by atoms with E-state index in [-0.39, 0.29) is 17.3 Å². The topological polar surface area (TPSA) is 92.3 Å². The normalized spacial score (nSPS) is 17.6. The van der Waals surface area contributed by atoms with Crippen LogP contribution in [0.1, 0.15) is 18.4 Å². The first-order valence-corrected chi connectivity index (χ1v) is 12.0. The van der Waals surface area contributed by atoms with Crippen molar-refractivity contribution in [1.82, 2.24) is 14.3 Å². The number of pyridine rings is 1. The minimum Gasteiger partial charge on any atom is -0.302 e. The second kappa shape index (κ2) is 8.63. The molecule has 0 radical (unpaired) electrons. The van der Waals surface area contributed by atoms with Gasteiger partial charge in [0.05, 0.1) is 16.5 Å². The van der Waals surface area contributed by atoms with Crippen molar-refractivity contribution < 1.29 is 13.2 Å². The molecule has 1 aliphatic heterocycles. The molecule has 1 aromatic carbocycles. The van der Waals surface area contributed by atoms with Crippen LogP contribution in [0, 0.1) is 12.8 Å². The van der Waals surface area contributed by atoms with Crippen LogP contribution in [0.25, 0.3) is 11.3 Å². The summed E-state index contributed by atoms with van der Waals surface area (Å²) in [7, 11) is -3.62. The second-order valence-electron chi connectivity index (χ2n) is 7.28. The van der Waals surface area contributed by atoms with E-state index >= 15 is 0 Å². The highest BCUT2D eigenvalue weighted by molar-refractivity contribution is 7.89. The first kappa shape index (κ1) is 20.6. The average Bonchev–Trinajstić information content (AvgIpc) is 3.23.